The first-order valence-corrected chi connectivity index (χ1v) is 8.64. The van der Waals surface area contributed by atoms with Crippen LogP contribution in [0.15, 0.2) is 59.5 Å². The number of aromatic hydroxyl groups is 1. The Labute approximate surface area is 143 Å². The van der Waals surface area contributed by atoms with Crippen LogP contribution in [-0.4, -0.2) is 13.5 Å². The summed E-state index contributed by atoms with van der Waals surface area (Å²) >= 11 is 0. The van der Waals surface area contributed by atoms with Crippen LogP contribution in [0.3, 0.4) is 0 Å². The molecule has 0 unspecified atom stereocenters. The number of nitrogens with two attached hydrogens (primary N) is 1. The number of sulfonamides is 1. The standard InChI is InChI=1S/C18H12F2NO3S/c19-15-9-6-12(10-16(15)20)18-14(2-1-3-17(18)22)11-4-7-13(8-5-11)25(21,23)24/h1,3-10,22H,(H2,21,23,24). The number of hydrogen-bond acceptors (Lipinski definition) is 3. The van der Waals surface area contributed by atoms with Gasteiger partial charge in [0.2, 0.25) is 10.0 Å². The number of halogens is 2. The van der Waals surface area contributed by atoms with E-state index in [-0.39, 0.29) is 21.8 Å². The summed E-state index contributed by atoms with van der Waals surface area (Å²) in [6.45, 7) is 0. The molecule has 0 amide bonds. The van der Waals surface area contributed by atoms with Crippen LogP contribution in [0.2, 0.25) is 0 Å². The molecule has 0 aromatic heterocycles. The zero-order chi connectivity index (χ0) is 18.2. The molecular weight excluding hydrogens is 348 g/mol. The average molecular weight is 360 g/mol. The summed E-state index contributed by atoms with van der Waals surface area (Å²) in [6.07, 6.45) is 0. The fraction of sp³-hybridized carbons (Fsp3) is 0. The number of benzene rings is 3. The minimum Gasteiger partial charge on any atom is -0.507 e. The highest BCUT2D eigenvalue weighted by atomic mass is 32.2. The van der Waals surface area contributed by atoms with Crippen LogP contribution in [0, 0.1) is 17.7 Å². The predicted octanol–water partition coefficient (Wildman–Crippen LogP) is 3.45. The quantitative estimate of drug-likeness (QED) is 0.751. The van der Waals surface area contributed by atoms with Crippen molar-refractivity contribution in [3.63, 3.8) is 0 Å². The molecule has 0 aliphatic rings. The van der Waals surface area contributed by atoms with Crippen LogP contribution < -0.4 is 5.14 Å². The molecule has 1 radical (unpaired) electrons. The van der Waals surface area contributed by atoms with E-state index in [4.69, 9.17) is 5.14 Å². The number of primary sulfonamides is 1. The van der Waals surface area contributed by atoms with Gasteiger partial charge in [-0.3, -0.25) is 0 Å². The molecule has 3 rings (SSSR count). The molecule has 0 aliphatic carbocycles. The zero-order valence-electron chi connectivity index (χ0n) is 12.7. The summed E-state index contributed by atoms with van der Waals surface area (Å²) < 4.78 is 49.4. The third-order valence-corrected chi connectivity index (χ3v) is 4.58. The molecule has 0 atom stereocenters. The van der Waals surface area contributed by atoms with Gasteiger partial charge >= 0.3 is 0 Å². The van der Waals surface area contributed by atoms with E-state index < -0.39 is 21.7 Å². The maximum atomic E-state index is 13.6. The van der Waals surface area contributed by atoms with E-state index in [1.54, 1.807) is 0 Å². The summed E-state index contributed by atoms with van der Waals surface area (Å²) in [5.74, 6) is -2.19. The van der Waals surface area contributed by atoms with Gasteiger partial charge in [0.05, 0.1) is 4.90 Å². The Hall–Kier alpha value is -2.77. The number of rotatable bonds is 3. The summed E-state index contributed by atoms with van der Waals surface area (Å²) in [7, 11) is -3.83. The van der Waals surface area contributed by atoms with Gasteiger partial charge in [0.1, 0.15) is 5.75 Å². The van der Waals surface area contributed by atoms with E-state index in [2.05, 4.69) is 6.07 Å². The Morgan fingerprint density at radius 1 is 0.920 bits per heavy atom. The lowest BCUT2D eigenvalue weighted by Gasteiger charge is -2.12. The topological polar surface area (TPSA) is 80.4 Å². The van der Waals surface area contributed by atoms with E-state index in [1.165, 1.54) is 42.5 Å². The minimum absolute atomic E-state index is 0.0641. The molecule has 7 heteroatoms. The first kappa shape index (κ1) is 17.1. The minimum atomic E-state index is -3.83. The van der Waals surface area contributed by atoms with Crippen LogP contribution in [0.5, 0.6) is 5.75 Å². The largest absolute Gasteiger partial charge is 0.507 e. The van der Waals surface area contributed by atoms with Crippen molar-refractivity contribution in [3.05, 3.63) is 72.3 Å². The van der Waals surface area contributed by atoms with Gasteiger partial charge in [0.25, 0.3) is 0 Å². The van der Waals surface area contributed by atoms with Crippen molar-refractivity contribution in [3.8, 4) is 28.0 Å². The van der Waals surface area contributed by atoms with Crippen molar-refractivity contribution < 1.29 is 22.3 Å². The van der Waals surface area contributed by atoms with Gasteiger partial charge in [-0.1, -0.05) is 24.3 Å². The second-order valence-corrected chi connectivity index (χ2v) is 6.87. The highest BCUT2D eigenvalue weighted by molar-refractivity contribution is 7.89. The second kappa shape index (κ2) is 6.27. The van der Waals surface area contributed by atoms with Gasteiger partial charge in [-0.2, -0.15) is 0 Å². The van der Waals surface area contributed by atoms with Gasteiger partial charge < -0.3 is 5.11 Å². The molecular formula is C18H12F2NO3S. The van der Waals surface area contributed by atoms with E-state index in [0.717, 1.165) is 12.1 Å². The number of phenols is 1. The summed E-state index contributed by atoms with van der Waals surface area (Å²) in [5, 5.41) is 15.3. The van der Waals surface area contributed by atoms with Gasteiger partial charge in [-0.05, 0) is 47.5 Å². The molecule has 0 heterocycles. The van der Waals surface area contributed by atoms with E-state index in [1.807, 2.05) is 0 Å². The molecule has 0 aliphatic heterocycles. The maximum Gasteiger partial charge on any atom is 0.238 e. The molecule has 0 spiro atoms. The van der Waals surface area contributed by atoms with Crippen molar-refractivity contribution in [2.45, 2.75) is 4.90 Å². The van der Waals surface area contributed by atoms with Crippen LogP contribution in [0.4, 0.5) is 8.78 Å². The molecule has 127 valence electrons. The summed E-state index contributed by atoms with van der Waals surface area (Å²) in [4.78, 5) is -0.0641. The van der Waals surface area contributed by atoms with E-state index in [9.17, 15) is 22.3 Å². The van der Waals surface area contributed by atoms with Crippen molar-refractivity contribution in [2.75, 3.05) is 0 Å². The lowest BCUT2D eigenvalue weighted by Crippen LogP contribution is -2.11. The third kappa shape index (κ3) is 3.38. The monoisotopic (exact) mass is 360 g/mol. The fourth-order valence-corrected chi connectivity index (χ4v) is 2.99. The van der Waals surface area contributed by atoms with Gasteiger partial charge in [-0.15, -0.1) is 0 Å². The smallest absolute Gasteiger partial charge is 0.238 e. The van der Waals surface area contributed by atoms with Crippen LogP contribution >= 0.6 is 0 Å². The van der Waals surface area contributed by atoms with Crippen LogP contribution in [0.25, 0.3) is 22.3 Å². The SMILES string of the molecule is NS(=O)(=O)c1ccc(-c2[c]ccc(O)c2-c2ccc(F)c(F)c2)cc1. The molecule has 4 nitrogen and oxygen atoms in total. The van der Waals surface area contributed by atoms with Crippen molar-refractivity contribution in [2.24, 2.45) is 5.14 Å². The molecule has 25 heavy (non-hydrogen) atoms. The second-order valence-electron chi connectivity index (χ2n) is 5.31. The first-order chi connectivity index (χ1) is 11.8. The normalized spacial score (nSPS) is 11.5. The summed E-state index contributed by atoms with van der Waals surface area (Å²) in [5.41, 5.74) is 1.46. The molecule has 3 aromatic rings. The molecule has 0 saturated carbocycles. The van der Waals surface area contributed by atoms with Crippen molar-refractivity contribution in [1.82, 2.24) is 0 Å². The zero-order valence-corrected chi connectivity index (χ0v) is 13.5. The summed E-state index contributed by atoms with van der Waals surface area (Å²) in [6, 6.07) is 14.7. The third-order valence-electron chi connectivity index (χ3n) is 3.65. The molecule has 0 fully saturated rings. The Bertz CT molecular complexity index is 1050. The molecule has 3 aromatic carbocycles. The fourth-order valence-electron chi connectivity index (χ4n) is 2.47. The maximum absolute atomic E-state index is 13.6. The first-order valence-electron chi connectivity index (χ1n) is 7.09. The molecule has 3 N–H and O–H groups in total. The van der Waals surface area contributed by atoms with Gasteiger partial charge in [0.15, 0.2) is 11.6 Å². The van der Waals surface area contributed by atoms with E-state index in [0.29, 0.717) is 11.1 Å². The average Bonchev–Trinajstić information content (AvgIpc) is 2.57. The highest BCUT2D eigenvalue weighted by Crippen LogP contribution is 2.38. The van der Waals surface area contributed by atoms with Crippen LogP contribution in [0.1, 0.15) is 0 Å². The van der Waals surface area contributed by atoms with Crippen molar-refractivity contribution in [1.29, 1.82) is 0 Å². The lowest BCUT2D eigenvalue weighted by molar-refractivity contribution is 0.477. The Balaban J connectivity index is 2.18. The Kier molecular flexibility index (Phi) is 4.28. The van der Waals surface area contributed by atoms with Gasteiger partial charge in [0, 0.05) is 11.1 Å². The van der Waals surface area contributed by atoms with Crippen molar-refractivity contribution >= 4 is 10.0 Å². The molecule has 0 bridgehead atoms. The molecule has 0 saturated heterocycles. The van der Waals surface area contributed by atoms with E-state index >= 15 is 0 Å². The van der Waals surface area contributed by atoms with Gasteiger partial charge in [-0.25, -0.2) is 22.3 Å². The predicted molar refractivity (Wildman–Crippen MR) is 89.1 cm³/mol. The number of hydrogen-bond donors (Lipinski definition) is 2. The Morgan fingerprint density at radius 3 is 2.16 bits per heavy atom. The highest BCUT2D eigenvalue weighted by Gasteiger charge is 2.15. The Morgan fingerprint density at radius 2 is 1.56 bits per heavy atom. The lowest BCUT2D eigenvalue weighted by atomic mass is 9.93. The van der Waals surface area contributed by atoms with Crippen LogP contribution in [-0.2, 0) is 10.0 Å². The number of phenolic OH excluding ortho intramolecular Hbond substituents is 1.